The van der Waals surface area contributed by atoms with Gasteiger partial charge in [-0.2, -0.15) is 0 Å². The number of nitrogens with zero attached hydrogens (tertiary/aromatic N) is 10. The predicted molar refractivity (Wildman–Crippen MR) is 245 cm³/mol. The van der Waals surface area contributed by atoms with E-state index in [1.807, 2.05) is 24.8 Å². The van der Waals surface area contributed by atoms with Gasteiger partial charge in [-0.25, -0.2) is 39.9 Å². The first-order chi connectivity index (χ1) is 29.0. The molecule has 59 heavy (non-hydrogen) atoms. The van der Waals surface area contributed by atoms with Gasteiger partial charge in [0.25, 0.3) is 0 Å². The molecule has 6 aromatic carbocycles. The summed E-state index contributed by atoms with van der Waals surface area (Å²) in [6, 6.07) is 40.0. The van der Waals surface area contributed by atoms with Crippen LogP contribution in [0.25, 0.3) is 43.6 Å². The summed E-state index contributed by atoms with van der Waals surface area (Å²) in [6.07, 6.45) is 14.2. The lowest BCUT2D eigenvalue weighted by molar-refractivity contribution is 1.19. The van der Waals surface area contributed by atoms with E-state index in [1.165, 1.54) is 31.8 Å². The number of benzene rings is 6. The molecule has 0 saturated heterocycles. The van der Waals surface area contributed by atoms with E-state index in [-0.39, 0.29) is 0 Å². The van der Waals surface area contributed by atoms with Crippen LogP contribution >= 0.6 is 15.2 Å². The SMILES string of the molecule is CN1c2cc3ncncc3cc2P(c2ccccc2)c2cc3cncnc3cc2N(C)c2cc3ncncc3cc2[P+](C)(c2ccccc2)c2cc3cncnc3cc21. The van der Waals surface area contributed by atoms with E-state index in [2.05, 4.69) is 160 Å². The number of aromatic nitrogens is 8. The summed E-state index contributed by atoms with van der Waals surface area (Å²) in [6.45, 7) is 2.44. The summed E-state index contributed by atoms with van der Waals surface area (Å²) in [5.41, 5.74) is 7.68. The minimum atomic E-state index is -2.56. The third-order valence-electron chi connectivity index (χ3n) is 11.6. The Morgan fingerprint density at radius 3 is 1.24 bits per heavy atom. The van der Waals surface area contributed by atoms with Crippen LogP contribution in [0.1, 0.15) is 0 Å². The molecule has 5 heterocycles. The molecule has 10 aromatic rings. The van der Waals surface area contributed by atoms with Crippen molar-refractivity contribution in [3.63, 3.8) is 0 Å². The fourth-order valence-corrected chi connectivity index (χ4v) is 15.0. The third kappa shape index (κ3) is 5.70. The van der Waals surface area contributed by atoms with Gasteiger partial charge in [-0.3, -0.25) is 0 Å². The highest BCUT2D eigenvalue weighted by Gasteiger charge is 2.47. The highest BCUT2D eigenvalue weighted by Crippen LogP contribution is 2.58. The highest BCUT2D eigenvalue weighted by molar-refractivity contribution is 7.95. The lowest BCUT2D eigenvalue weighted by Crippen LogP contribution is -2.38. The Balaban J connectivity index is 1.37. The van der Waals surface area contributed by atoms with Crippen LogP contribution in [0.3, 0.4) is 0 Å². The van der Waals surface area contributed by atoms with Crippen LogP contribution in [0.5, 0.6) is 0 Å². The molecule has 0 amide bonds. The minimum absolute atomic E-state index is 0.868. The zero-order valence-corrected chi connectivity index (χ0v) is 34.2. The average molecular weight is 802 g/mol. The zero-order valence-electron chi connectivity index (χ0n) is 32.4. The van der Waals surface area contributed by atoms with Crippen molar-refractivity contribution in [2.45, 2.75) is 0 Å². The van der Waals surface area contributed by atoms with Crippen molar-refractivity contribution in [3.05, 3.63) is 159 Å². The summed E-state index contributed by atoms with van der Waals surface area (Å²) >= 11 is 0. The number of anilines is 4. The third-order valence-corrected chi connectivity index (χ3v) is 18.1. The molecule has 0 saturated carbocycles. The first-order valence-corrected chi connectivity index (χ1v) is 22.7. The van der Waals surface area contributed by atoms with Gasteiger partial charge in [0.15, 0.2) is 0 Å². The molecule has 4 aromatic heterocycles. The van der Waals surface area contributed by atoms with Crippen molar-refractivity contribution in [3.8, 4) is 0 Å². The van der Waals surface area contributed by atoms with Crippen molar-refractivity contribution in [1.29, 1.82) is 0 Å². The number of hydrogen-bond donors (Lipinski definition) is 0. The van der Waals surface area contributed by atoms with E-state index in [9.17, 15) is 0 Å². The average Bonchev–Trinajstić information content (AvgIpc) is 3.30. The summed E-state index contributed by atoms with van der Waals surface area (Å²) in [5, 5.41) is 11.1. The fourth-order valence-electron chi connectivity index (χ4n) is 8.55. The molecule has 0 fully saturated rings. The monoisotopic (exact) mass is 801 g/mol. The van der Waals surface area contributed by atoms with Crippen LogP contribution in [-0.2, 0) is 0 Å². The molecule has 10 nitrogen and oxygen atoms in total. The molecule has 0 aliphatic carbocycles. The zero-order chi connectivity index (χ0) is 39.7. The van der Waals surface area contributed by atoms with Gasteiger partial charge in [0.05, 0.1) is 51.5 Å². The molecular weight excluding hydrogens is 767 g/mol. The number of rotatable bonds is 2. The summed E-state index contributed by atoms with van der Waals surface area (Å²) in [5.74, 6) is 0. The van der Waals surface area contributed by atoms with Crippen molar-refractivity contribution in [2.75, 3.05) is 30.6 Å². The van der Waals surface area contributed by atoms with Gasteiger partial charge in [0.1, 0.15) is 48.5 Å². The van der Waals surface area contributed by atoms with Gasteiger partial charge in [-0.15, -0.1) is 0 Å². The lowest BCUT2D eigenvalue weighted by atomic mass is 10.1. The second-order valence-electron chi connectivity index (χ2n) is 14.8. The topological polar surface area (TPSA) is 110 Å². The van der Waals surface area contributed by atoms with E-state index in [0.717, 1.165) is 66.4 Å². The van der Waals surface area contributed by atoms with Crippen molar-refractivity contribution in [2.24, 2.45) is 0 Å². The maximum Gasteiger partial charge on any atom is 0.128 e. The van der Waals surface area contributed by atoms with Gasteiger partial charge < -0.3 is 9.80 Å². The van der Waals surface area contributed by atoms with Gasteiger partial charge in [-0.1, -0.05) is 48.5 Å². The van der Waals surface area contributed by atoms with Gasteiger partial charge in [-0.05, 0) is 73.9 Å². The summed E-state index contributed by atoms with van der Waals surface area (Å²) in [4.78, 5) is 42.0. The minimum Gasteiger partial charge on any atom is -0.341 e. The Hall–Kier alpha value is -6.86. The Labute approximate surface area is 341 Å². The highest BCUT2D eigenvalue weighted by atomic mass is 31.2. The fraction of sp³-hybridized carbons (Fsp3) is 0.0638. The molecule has 1 aliphatic rings. The molecule has 11 rings (SSSR count). The second kappa shape index (κ2) is 13.9. The molecule has 0 atom stereocenters. The molecule has 0 bridgehead atoms. The van der Waals surface area contributed by atoms with Crippen LogP contribution in [0.4, 0.5) is 22.7 Å². The van der Waals surface area contributed by atoms with E-state index < -0.39 is 15.2 Å². The molecule has 1 aliphatic heterocycles. The largest absolute Gasteiger partial charge is 0.341 e. The second-order valence-corrected chi connectivity index (χ2v) is 20.5. The van der Waals surface area contributed by atoms with E-state index in [4.69, 9.17) is 19.9 Å². The Morgan fingerprint density at radius 1 is 0.441 bits per heavy atom. The quantitative estimate of drug-likeness (QED) is 0.170. The standard InChI is InChI=1S/C47H35N10P2/c1-56-40-18-36-30(22-48-26-52-36)14-44(40)58(34-10-6-4-7-11-34)45-15-31-23-49-27-53-37(31)19-41(45)57(2)43-21-39-33(25-51-29-55-39)17-47(43)59(3,35-12-8-5-9-13-35)46-16-32-24-50-28-54-38(32)20-42(46)56/h4-29H,1-3H3/q+1. The summed E-state index contributed by atoms with van der Waals surface area (Å²) in [7, 11) is 0.569. The molecule has 0 radical (unpaired) electrons. The van der Waals surface area contributed by atoms with Gasteiger partial charge >= 0.3 is 0 Å². The van der Waals surface area contributed by atoms with Crippen molar-refractivity contribution < 1.29 is 0 Å². The normalized spacial score (nSPS) is 16.6. The van der Waals surface area contributed by atoms with Crippen LogP contribution in [0.15, 0.2) is 159 Å². The van der Waals surface area contributed by atoms with Gasteiger partial charge in [0, 0.05) is 71.0 Å². The lowest BCUT2D eigenvalue weighted by Gasteiger charge is -2.36. The molecule has 12 heteroatoms. The van der Waals surface area contributed by atoms with Crippen LogP contribution in [0.2, 0.25) is 0 Å². The smallest absolute Gasteiger partial charge is 0.128 e. The first-order valence-electron chi connectivity index (χ1n) is 19.2. The predicted octanol–water partition coefficient (Wildman–Crippen LogP) is 6.99. The Morgan fingerprint density at radius 2 is 0.814 bits per heavy atom. The maximum atomic E-state index is 4.82. The van der Waals surface area contributed by atoms with Gasteiger partial charge in [0.2, 0.25) is 0 Å². The van der Waals surface area contributed by atoms with E-state index >= 15 is 0 Å². The van der Waals surface area contributed by atoms with Crippen LogP contribution in [-0.4, -0.2) is 60.6 Å². The molecule has 0 N–H and O–H groups in total. The summed E-state index contributed by atoms with van der Waals surface area (Å²) < 4.78 is 0. The van der Waals surface area contributed by atoms with Crippen LogP contribution in [0, 0.1) is 0 Å². The Kier molecular flexibility index (Phi) is 8.33. The molecule has 0 spiro atoms. The van der Waals surface area contributed by atoms with E-state index in [1.54, 1.807) is 25.3 Å². The number of hydrogen-bond acceptors (Lipinski definition) is 10. The maximum absolute atomic E-state index is 4.82. The first kappa shape index (κ1) is 35.3. The molecule has 0 unspecified atom stereocenters. The number of fused-ring (bicyclic) bond motifs is 8. The van der Waals surface area contributed by atoms with Crippen molar-refractivity contribution >= 4 is 113 Å². The molecular formula is C47H35N10P2+. The van der Waals surface area contributed by atoms with E-state index in [0.29, 0.717) is 0 Å². The Bertz CT molecular complexity index is 3080. The van der Waals surface area contributed by atoms with Crippen LogP contribution < -0.4 is 41.6 Å². The van der Waals surface area contributed by atoms with Crippen molar-refractivity contribution in [1.82, 2.24) is 39.9 Å². The molecule has 282 valence electrons.